The van der Waals surface area contributed by atoms with E-state index in [4.69, 9.17) is 0 Å². The Bertz CT molecular complexity index is 1510. The molecule has 4 rings (SSSR count). The fourth-order valence-corrected chi connectivity index (χ4v) is 4.78. The predicted octanol–water partition coefficient (Wildman–Crippen LogP) is 0.263. The van der Waals surface area contributed by atoms with Crippen LogP contribution in [0.25, 0.3) is 0 Å². The second-order valence-corrected chi connectivity index (χ2v) is 9.68. The van der Waals surface area contributed by atoms with Crippen LogP contribution in [0.15, 0.2) is 36.4 Å². The minimum absolute atomic E-state index is 0.0446. The third-order valence-electron chi connectivity index (χ3n) is 7.03. The summed E-state index contributed by atoms with van der Waals surface area (Å²) in [6, 6.07) is 5.08. The molecule has 0 aliphatic heterocycles. The molecule has 0 spiro atoms. The van der Waals surface area contributed by atoms with Crippen molar-refractivity contribution >= 4 is 52.7 Å². The molecule has 13 nitrogen and oxygen atoms in total. The van der Waals surface area contributed by atoms with Gasteiger partial charge in [0.2, 0.25) is 11.8 Å². The van der Waals surface area contributed by atoms with E-state index >= 15 is 0 Å². The van der Waals surface area contributed by atoms with Crippen molar-refractivity contribution in [2.24, 2.45) is 11.8 Å². The Morgan fingerprint density at radius 3 is 1.26 bits per heavy atom. The summed E-state index contributed by atoms with van der Waals surface area (Å²) < 4.78 is 9.05. The Labute approximate surface area is 237 Å². The number of amides is 2. The molecule has 2 unspecified atom stereocenters. The van der Waals surface area contributed by atoms with E-state index in [-0.39, 0.29) is 33.4 Å². The van der Waals surface area contributed by atoms with Gasteiger partial charge in [-0.05, 0) is 38.1 Å². The molecule has 2 aliphatic rings. The van der Waals surface area contributed by atoms with Gasteiger partial charge < -0.3 is 20.1 Å². The molecule has 0 aromatic heterocycles. The number of hydrogen-bond acceptors (Lipinski definition) is 11. The topological polar surface area (TPSA) is 196 Å². The van der Waals surface area contributed by atoms with Gasteiger partial charge >= 0.3 is 11.9 Å². The van der Waals surface area contributed by atoms with Gasteiger partial charge in [0.15, 0.2) is 40.8 Å². The highest BCUT2D eigenvalue weighted by molar-refractivity contribution is 6.37. The highest BCUT2D eigenvalue weighted by Crippen LogP contribution is 2.31. The van der Waals surface area contributed by atoms with Crippen LogP contribution in [-0.4, -0.2) is 79.0 Å². The molecule has 216 valence electrons. The zero-order valence-corrected chi connectivity index (χ0v) is 22.8. The van der Waals surface area contributed by atoms with Crippen molar-refractivity contribution in [2.75, 3.05) is 14.2 Å². The second-order valence-electron chi connectivity index (χ2n) is 9.68. The molecule has 4 atom stereocenters. The minimum atomic E-state index is -1.74. The lowest BCUT2D eigenvalue weighted by molar-refractivity contribution is -0.145. The normalized spacial score (nSPS) is 18.5. The molecule has 2 aromatic carbocycles. The lowest BCUT2D eigenvalue weighted by Gasteiger charge is -2.13. The number of methoxy groups -OCH3 is 2. The number of ketones is 5. The van der Waals surface area contributed by atoms with E-state index in [1.807, 2.05) is 0 Å². The van der Waals surface area contributed by atoms with Gasteiger partial charge in [0.25, 0.3) is 0 Å². The van der Waals surface area contributed by atoms with Gasteiger partial charge in [-0.25, -0.2) is 9.59 Å². The van der Waals surface area contributed by atoms with E-state index in [1.54, 1.807) is 0 Å². The van der Waals surface area contributed by atoms with Crippen LogP contribution in [0.4, 0.5) is 0 Å². The highest BCUT2D eigenvalue weighted by Gasteiger charge is 2.46. The van der Waals surface area contributed by atoms with E-state index < -0.39 is 76.6 Å². The molecule has 0 saturated carbocycles. The van der Waals surface area contributed by atoms with Crippen molar-refractivity contribution in [1.29, 1.82) is 0 Å². The lowest BCUT2D eigenvalue weighted by Crippen LogP contribution is -2.45. The summed E-state index contributed by atoms with van der Waals surface area (Å²) in [5, 5.41) is 4.52. The zero-order valence-electron chi connectivity index (χ0n) is 22.8. The van der Waals surface area contributed by atoms with E-state index in [0.717, 1.165) is 26.4 Å². The van der Waals surface area contributed by atoms with Gasteiger partial charge in [0, 0.05) is 33.4 Å². The quantitative estimate of drug-likeness (QED) is 0.248. The van der Waals surface area contributed by atoms with E-state index in [0.29, 0.717) is 0 Å². The maximum atomic E-state index is 13.3. The maximum Gasteiger partial charge on any atom is 0.328 e. The van der Waals surface area contributed by atoms with Crippen LogP contribution in [-0.2, 0) is 28.7 Å². The summed E-state index contributed by atoms with van der Waals surface area (Å²) in [5.41, 5.74) is -0.575. The van der Waals surface area contributed by atoms with E-state index in [2.05, 4.69) is 20.1 Å². The van der Waals surface area contributed by atoms with Crippen LogP contribution in [0.1, 0.15) is 71.2 Å². The molecular weight excluding hydrogens is 552 g/mol. The zero-order chi connectivity index (χ0) is 31.0. The van der Waals surface area contributed by atoms with E-state index in [9.17, 15) is 43.2 Å². The smallest absolute Gasteiger partial charge is 0.328 e. The minimum Gasteiger partial charge on any atom is -0.467 e. The largest absolute Gasteiger partial charge is 0.467 e. The molecule has 42 heavy (non-hydrogen) atoms. The molecular formula is C29H24N2O11. The van der Waals surface area contributed by atoms with Crippen LogP contribution in [0.3, 0.4) is 0 Å². The number of nitrogens with one attached hydrogen (secondary N) is 2. The van der Waals surface area contributed by atoms with Gasteiger partial charge in [0.1, 0.15) is 12.1 Å². The molecule has 2 N–H and O–H groups in total. The summed E-state index contributed by atoms with van der Waals surface area (Å²) in [7, 11) is 2.23. The Morgan fingerprint density at radius 2 is 0.929 bits per heavy atom. The Morgan fingerprint density at radius 1 is 0.595 bits per heavy atom. The number of esters is 2. The first-order valence-electron chi connectivity index (χ1n) is 12.6. The third-order valence-corrected chi connectivity index (χ3v) is 7.03. The number of ether oxygens (including phenoxy) is 2. The standard InChI is InChI=1S/C29H24N2O11/c1-11(28(39)41-3)30-26(37)19-22(33)15-7-5-13(9-17(15)24(19)35)21(32)14-6-8-16-18(10-14)25(36)20(23(16)34)27(38)31-12(2)29(40)42-4/h5-12,19-20H,1-4H3,(H,30,37)(H,31,38)/t11-,12-,19?,20?/m0/s1. The summed E-state index contributed by atoms with van der Waals surface area (Å²) in [5.74, 6) is -11.0. The number of benzene rings is 2. The summed E-state index contributed by atoms with van der Waals surface area (Å²) in [6.45, 7) is 2.65. The number of carbonyl (C=O) groups excluding carboxylic acids is 9. The molecule has 2 amide bonds. The van der Waals surface area contributed by atoms with Crippen molar-refractivity contribution < 1.29 is 52.6 Å². The van der Waals surface area contributed by atoms with Gasteiger partial charge in [0.05, 0.1) is 14.2 Å². The molecule has 2 aromatic rings. The number of carbonyl (C=O) groups is 9. The summed E-state index contributed by atoms with van der Waals surface area (Å²) in [4.78, 5) is 113. The van der Waals surface area contributed by atoms with Crippen molar-refractivity contribution in [1.82, 2.24) is 10.6 Å². The number of hydrogen-bond donors (Lipinski definition) is 2. The first kappa shape index (κ1) is 29.6. The molecule has 0 saturated heterocycles. The fourth-order valence-electron chi connectivity index (χ4n) is 4.78. The number of rotatable bonds is 8. The van der Waals surface area contributed by atoms with Crippen molar-refractivity contribution in [3.63, 3.8) is 0 Å². The molecule has 13 heteroatoms. The van der Waals surface area contributed by atoms with Crippen LogP contribution in [0.2, 0.25) is 0 Å². The predicted molar refractivity (Wildman–Crippen MR) is 140 cm³/mol. The third kappa shape index (κ3) is 5.00. The lowest BCUT2D eigenvalue weighted by atomic mass is 9.96. The SMILES string of the molecule is COC(=O)[C@H](C)NC(=O)C1C(=O)c2ccc(C(=O)c3ccc4c(c3)C(=O)C(C(=O)N[C@@H](C)C(=O)OC)C4=O)cc2C1=O. The first-order chi connectivity index (χ1) is 19.8. The molecule has 0 radical (unpaired) electrons. The van der Waals surface area contributed by atoms with Crippen molar-refractivity contribution in [3.8, 4) is 0 Å². The average molecular weight is 577 g/mol. The van der Waals surface area contributed by atoms with Gasteiger partial charge in [-0.3, -0.25) is 33.6 Å². The van der Waals surface area contributed by atoms with Gasteiger partial charge in [-0.2, -0.15) is 0 Å². The highest BCUT2D eigenvalue weighted by atomic mass is 16.5. The summed E-state index contributed by atoms with van der Waals surface area (Å²) in [6.07, 6.45) is 0. The van der Waals surface area contributed by atoms with Crippen molar-refractivity contribution in [3.05, 3.63) is 69.8 Å². The van der Waals surface area contributed by atoms with Gasteiger partial charge in [-0.1, -0.05) is 12.1 Å². The first-order valence-corrected chi connectivity index (χ1v) is 12.6. The molecule has 2 aliphatic carbocycles. The molecule has 0 fully saturated rings. The van der Waals surface area contributed by atoms with Crippen LogP contribution in [0.5, 0.6) is 0 Å². The van der Waals surface area contributed by atoms with E-state index in [1.165, 1.54) is 38.1 Å². The average Bonchev–Trinajstić information content (AvgIpc) is 3.38. The van der Waals surface area contributed by atoms with Crippen LogP contribution < -0.4 is 10.6 Å². The molecule has 0 heterocycles. The Balaban J connectivity index is 1.56. The fraction of sp³-hybridized carbons (Fsp3) is 0.276. The Kier molecular flexibility index (Phi) is 7.96. The Hall–Kier alpha value is -5.33. The molecule has 0 bridgehead atoms. The van der Waals surface area contributed by atoms with Gasteiger partial charge in [-0.15, -0.1) is 0 Å². The second kappa shape index (κ2) is 11.3. The van der Waals surface area contributed by atoms with Crippen molar-refractivity contribution in [2.45, 2.75) is 25.9 Å². The van der Waals surface area contributed by atoms with Crippen LogP contribution in [0, 0.1) is 11.8 Å². The maximum absolute atomic E-state index is 13.3. The monoisotopic (exact) mass is 576 g/mol. The number of fused-ring (bicyclic) bond motifs is 2. The number of Topliss-reactive ketones (excluding diaryl/α,β-unsaturated/α-hetero) is 4. The summed E-state index contributed by atoms with van der Waals surface area (Å²) >= 11 is 0. The van der Waals surface area contributed by atoms with Crippen LogP contribution >= 0.6 is 0 Å².